The monoisotopic (exact) mass is 253 g/mol. The molecule has 0 spiro atoms. The highest BCUT2D eigenvalue weighted by Crippen LogP contribution is 2.25. The van der Waals surface area contributed by atoms with Gasteiger partial charge in [0.1, 0.15) is 0 Å². The summed E-state index contributed by atoms with van der Waals surface area (Å²) in [5.41, 5.74) is 2.16. The van der Waals surface area contributed by atoms with Crippen LogP contribution in [0.5, 0.6) is 0 Å². The van der Waals surface area contributed by atoms with Gasteiger partial charge in [-0.1, -0.05) is 18.2 Å². The molecule has 2 heterocycles. The van der Waals surface area contributed by atoms with Crippen molar-refractivity contribution in [2.45, 2.75) is 19.0 Å². The van der Waals surface area contributed by atoms with Gasteiger partial charge in [-0.3, -0.25) is 0 Å². The SMILES string of the molecule is Cl.O=C1Nc2ccccc2CN1[C@@H]1CCNC1. The third-order valence-electron chi connectivity index (χ3n) is 3.34. The van der Waals surface area contributed by atoms with Gasteiger partial charge in [0.2, 0.25) is 0 Å². The predicted molar refractivity (Wildman–Crippen MR) is 69.5 cm³/mol. The van der Waals surface area contributed by atoms with Gasteiger partial charge in [-0.05, 0) is 24.6 Å². The van der Waals surface area contributed by atoms with Crippen LogP contribution in [0.3, 0.4) is 0 Å². The van der Waals surface area contributed by atoms with Gasteiger partial charge in [0.25, 0.3) is 0 Å². The number of hydrogen-bond acceptors (Lipinski definition) is 2. The summed E-state index contributed by atoms with van der Waals surface area (Å²) in [7, 11) is 0. The number of rotatable bonds is 1. The van der Waals surface area contributed by atoms with E-state index >= 15 is 0 Å². The zero-order valence-corrected chi connectivity index (χ0v) is 10.3. The fraction of sp³-hybridized carbons (Fsp3) is 0.417. The number of fused-ring (bicyclic) bond motifs is 1. The van der Waals surface area contributed by atoms with Crippen LogP contribution in [-0.4, -0.2) is 30.1 Å². The molecule has 0 saturated carbocycles. The first-order chi connectivity index (χ1) is 7.84. The molecule has 0 radical (unpaired) electrons. The van der Waals surface area contributed by atoms with Gasteiger partial charge in [0, 0.05) is 24.8 Å². The highest BCUT2D eigenvalue weighted by Gasteiger charge is 2.30. The second kappa shape index (κ2) is 4.94. The van der Waals surface area contributed by atoms with E-state index < -0.39 is 0 Å². The van der Waals surface area contributed by atoms with Crippen LogP contribution in [0.25, 0.3) is 0 Å². The largest absolute Gasteiger partial charge is 0.322 e. The summed E-state index contributed by atoms with van der Waals surface area (Å²) in [6, 6.07) is 8.37. The summed E-state index contributed by atoms with van der Waals surface area (Å²) in [4.78, 5) is 13.9. The molecule has 2 amide bonds. The fourth-order valence-electron chi connectivity index (χ4n) is 2.42. The number of amides is 2. The normalized spacial score (nSPS) is 22.7. The Morgan fingerprint density at radius 3 is 2.88 bits per heavy atom. The van der Waals surface area contributed by atoms with Gasteiger partial charge in [0.05, 0.1) is 0 Å². The van der Waals surface area contributed by atoms with Crippen LogP contribution < -0.4 is 10.6 Å². The molecule has 2 aliphatic rings. The van der Waals surface area contributed by atoms with Crippen molar-refractivity contribution in [3.63, 3.8) is 0 Å². The number of anilines is 1. The minimum atomic E-state index is 0. The maximum absolute atomic E-state index is 11.9. The topological polar surface area (TPSA) is 44.4 Å². The lowest BCUT2D eigenvalue weighted by atomic mass is 10.1. The number of carbonyl (C=O) groups is 1. The summed E-state index contributed by atoms with van der Waals surface area (Å²) in [5.74, 6) is 0. The van der Waals surface area contributed by atoms with Crippen molar-refractivity contribution in [3.05, 3.63) is 29.8 Å². The van der Waals surface area contributed by atoms with Crippen LogP contribution in [-0.2, 0) is 6.54 Å². The number of urea groups is 1. The van der Waals surface area contributed by atoms with E-state index in [2.05, 4.69) is 16.7 Å². The second-order valence-corrected chi connectivity index (χ2v) is 4.36. The smallest absolute Gasteiger partial charge is 0.316 e. The number of nitrogens with one attached hydrogen (secondary N) is 2. The molecule has 2 N–H and O–H groups in total. The number of para-hydroxylation sites is 1. The van der Waals surface area contributed by atoms with Gasteiger partial charge in [0.15, 0.2) is 0 Å². The maximum Gasteiger partial charge on any atom is 0.322 e. The van der Waals surface area contributed by atoms with E-state index in [0.717, 1.165) is 31.7 Å². The fourth-order valence-corrected chi connectivity index (χ4v) is 2.42. The quantitative estimate of drug-likeness (QED) is 0.802. The van der Waals surface area contributed by atoms with Crippen molar-refractivity contribution < 1.29 is 4.79 Å². The predicted octanol–water partition coefficient (Wildman–Crippen LogP) is 1.82. The third-order valence-corrected chi connectivity index (χ3v) is 3.34. The van der Waals surface area contributed by atoms with Gasteiger partial charge in [-0.2, -0.15) is 0 Å². The third kappa shape index (κ3) is 2.23. The molecule has 1 aromatic rings. The average Bonchev–Trinajstić information content (AvgIpc) is 2.81. The summed E-state index contributed by atoms with van der Waals surface area (Å²) < 4.78 is 0. The minimum absolute atomic E-state index is 0. The molecule has 4 nitrogen and oxygen atoms in total. The summed E-state index contributed by atoms with van der Waals surface area (Å²) in [6.45, 7) is 2.65. The van der Waals surface area contributed by atoms with E-state index in [1.807, 2.05) is 23.1 Å². The Balaban J connectivity index is 0.00000108. The molecule has 3 rings (SSSR count). The highest BCUT2D eigenvalue weighted by atomic mass is 35.5. The van der Waals surface area contributed by atoms with Crippen molar-refractivity contribution >= 4 is 24.1 Å². The minimum Gasteiger partial charge on any atom is -0.316 e. The molecule has 2 aliphatic heterocycles. The molecule has 1 atom stereocenters. The highest BCUT2D eigenvalue weighted by molar-refractivity contribution is 5.92. The van der Waals surface area contributed by atoms with Gasteiger partial charge < -0.3 is 15.5 Å². The first kappa shape index (κ1) is 12.2. The maximum atomic E-state index is 11.9. The lowest BCUT2D eigenvalue weighted by molar-refractivity contribution is 0.186. The molecule has 17 heavy (non-hydrogen) atoms. The van der Waals surface area contributed by atoms with Crippen LogP contribution in [0, 0.1) is 0 Å². The van der Waals surface area contributed by atoms with E-state index in [1.165, 1.54) is 5.56 Å². The van der Waals surface area contributed by atoms with Crippen LogP contribution in [0.15, 0.2) is 24.3 Å². The Labute approximate surface area is 107 Å². The summed E-state index contributed by atoms with van der Waals surface area (Å²) in [5, 5.41) is 6.24. The van der Waals surface area contributed by atoms with E-state index in [1.54, 1.807) is 0 Å². The standard InChI is InChI=1S/C12H15N3O.ClH/c16-12-14-11-4-2-1-3-9(11)8-15(12)10-5-6-13-7-10;/h1-4,10,13H,5-8H2,(H,14,16);1H/t10-;/m1./s1. The zero-order valence-electron chi connectivity index (χ0n) is 9.48. The van der Waals surface area contributed by atoms with Gasteiger partial charge in [-0.25, -0.2) is 4.79 Å². The molecule has 0 unspecified atom stereocenters. The molecular formula is C12H16ClN3O. The van der Waals surface area contributed by atoms with Crippen molar-refractivity contribution in [2.75, 3.05) is 18.4 Å². The molecule has 5 heteroatoms. The van der Waals surface area contributed by atoms with E-state index in [-0.39, 0.29) is 18.4 Å². The molecule has 0 aliphatic carbocycles. The first-order valence-corrected chi connectivity index (χ1v) is 5.71. The number of benzene rings is 1. The Morgan fingerprint density at radius 2 is 2.12 bits per heavy atom. The van der Waals surface area contributed by atoms with Gasteiger partial charge >= 0.3 is 6.03 Å². The molecular weight excluding hydrogens is 238 g/mol. The van der Waals surface area contributed by atoms with Crippen LogP contribution in [0.2, 0.25) is 0 Å². The summed E-state index contributed by atoms with van der Waals surface area (Å²) in [6.07, 6.45) is 1.05. The Bertz CT molecular complexity index is 418. The Morgan fingerprint density at radius 1 is 1.29 bits per heavy atom. The van der Waals surface area contributed by atoms with Crippen molar-refractivity contribution in [2.24, 2.45) is 0 Å². The van der Waals surface area contributed by atoms with E-state index in [9.17, 15) is 4.79 Å². The molecule has 1 fully saturated rings. The number of hydrogen-bond donors (Lipinski definition) is 2. The van der Waals surface area contributed by atoms with E-state index in [4.69, 9.17) is 0 Å². The van der Waals surface area contributed by atoms with Crippen LogP contribution in [0.1, 0.15) is 12.0 Å². The van der Waals surface area contributed by atoms with E-state index in [0.29, 0.717) is 6.04 Å². The lowest BCUT2D eigenvalue weighted by Crippen LogP contribution is -2.46. The van der Waals surface area contributed by atoms with Crippen molar-refractivity contribution in [3.8, 4) is 0 Å². The lowest BCUT2D eigenvalue weighted by Gasteiger charge is -2.33. The molecule has 0 bridgehead atoms. The van der Waals surface area contributed by atoms with Gasteiger partial charge in [-0.15, -0.1) is 12.4 Å². The Kier molecular flexibility index (Phi) is 3.54. The summed E-state index contributed by atoms with van der Waals surface area (Å²) >= 11 is 0. The van der Waals surface area contributed by atoms with Crippen molar-refractivity contribution in [1.29, 1.82) is 0 Å². The molecule has 0 aromatic heterocycles. The number of halogens is 1. The number of carbonyl (C=O) groups excluding carboxylic acids is 1. The number of nitrogens with zero attached hydrogens (tertiary/aromatic N) is 1. The van der Waals surface area contributed by atoms with Crippen molar-refractivity contribution in [1.82, 2.24) is 10.2 Å². The first-order valence-electron chi connectivity index (χ1n) is 5.71. The second-order valence-electron chi connectivity index (χ2n) is 4.36. The average molecular weight is 254 g/mol. The molecule has 1 saturated heterocycles. The molecule has 1 aromatic carbocycles. The van der Waals surface area contributed by atoms with Crippen LogP contribution >= 0.6 is 12.4 Å². The zero-order chi connectivity index (χ0) is 11.0. The Hall–Kier alpha value is -1.26. The molecule has 92 valence electrons. The van der Waals surface area contributed by atoms with Crippen LogP contribution in [0.4, 0.5) is 10.5 Å².